The van der Waals surface area contributed by atoms with Gasteiger partial charge in [-0.3, -0.25) is 4.79 Å². The maximum atomic E-state index is 12.8. The Bertz CT molecular complexity index is 1260. The van der Waals surface area contributed by atoms with E-state index in [-0.39, 0.29) is 26.6 Å². The molecule has 0 atom stereocenters. The summed E-state index contributed by atoms with van der Waals surface area (Å²) < 4.78 is 1.57. The van der Waals surface area contributed by atoms with E-state index >= 15 is 0 Å². The minimum atomic E-state index is -1.22. The largest absolute Gasteiger partial charge is 0.476 e. The maximum absolute atomic E-state index is 12.8. The Hall–Kier alpha value is -3.16. The number of rotatable bonds is 4. The molecule has 0 aliphatic carbocycles. The van der Waals surface area contributed by atoms with Crippen molar-refractivity contribution in [3.05, 3.63) is 87.5 Å². The molecule has 1 heterocycles. The lowest BCUT2D eigenvalue weighted by Gasteiger charge is -2.12. The van der Waals surface area contributed by atoms with Gasteiger partial charge >= 0.3 is 5.97 Å². The number of hydrogen-bond donors (Lipinski definition) is 2. The van der Waals surface area contributed by atoms with E-state index in [9.17, 15) is 14.7 Å². The molecule has 0 aliphatic rings. The molecule has 0 fully saturated rings. The number of halogens is 2. The first-order chi connectivity index (χ1) is 14.0. The second kappa shape index (κ2) is 7.69. The van der Waals surface area contributed by atoms with E-state index in [0.29, 0.717) is 5.69 Å². The van der Waals surface area contributed by atoms with Gasteiger partial charge in [0, 0.05) is 5.39 Å². The van der Waals surface area contributed by atoms with Gasteiger partial charge in [-0.05, 0) is 39.5 Å². The van der Waals surface area contributed by atoms with E-state index < -0.39 is 11.9 Å². The van der Waals surface area contributed by atoms with Crippen molar-refractivity contribution in [2.75, 3.05) is 5.32 Å². The highest BCUT2D eigenvalue weighted by atomic mass is 79.9. The molecule has 1 amide bonds. The van der Waals surface area contributed by atoms with Crippen LogP contribution in [0, 0.1) is 0 Å². The van der Waals surface area contributed by atoms with Crippen LogP contribution >= 0.6 is 27.5 Å². The molecular formula is C21H13BrClN3O3. The van der Waals surface area contributed by atoms with Crippen molar-refractivity contribution in [1.82, 2.24) is 9.78 Å². The molecule has 4 rings (SSSR count). The molecule has 8 heteroatoms. The molecule has 0 spiro atoms. The number of carboxylic acid groups (broad SMARTS) is 1. The molecule has 144 valence electrons. The predicted molar refractivity (Wildman–Crippen MR) is 115 cm³/mol. The van der Waals surface area contributed by atoms with E-state index in [4.69, 9.17) is 11.6 Å². The van der Waals surface area contributed by atoms with Crippen molar-refractivity contribution in [1.29, 1.82) is 0 Å². The Kier molecular flexibility index (Phi) is 5.08. The predicted octanol–water partition coefficient (Wildman–Crippen LogP) is 5.39. The molecule has 29 heavy (non-hydrogen) atoms. The molecule has 0 aliphatic heterocycles. The minimum absolute atomic E-state index is 0.165. The number of amides is 1. The van der Waals surface area contributed by atoms with Crippen molar-refractivity contribution < 1.29 is 14.7 Å². The quantitative estimate of drug-likeness (QED) is 0.419. The van der Waals surface area contributed by atoms with Crippen molar-refractivity contribution in [3.8, 4) is 5.69 Å². The van der Waals surface area contributed by atoms with E-state index in [1.54, 1.807) is 30.3 Å². The molecule has 0 unspecified atom stereocenters. The summed E-state index contributed by atoms with van der Waals surface area (Å²) in [6.07, 6.45) is 0. The van der Waals surface area contributed by atoms with Crippen LogP contribution in [0.1, 0.15) is 20.8 Å². The van der Waals surface area contributed by atoms with Gasteiger partial charge in [-0.2, -0.15) is 5.10 Å². The lowest BCUT2D eigenvalue weighted by atomic mass is 10.1. The third-order valence-electron chi connectivity index (χ3n) is 4.38. The van der Waals surface area contributed by atoms with Gasteiger partial charge < -0.3 is 10.4 Å². The molecule has 0 bridgehead atoms. The van der Waals surface area contributed by atoms with Crippen LogP contribution in [0.5, 0.6) is 0 Å². The summed E-state index contributed by atoms with van der Waals surface area (Å²) in [6, 6.07) is 19.8. The normalized spacial score (nSPS) is 10.8. The Labute approximate surface area is 178 Å². The fraction of sp³-hybridized carbons (Fsp3) is 0. The molecule has 0 radical (unpaired) electrons. The summed E-state index contributed by atoms with van der Waals surface area (Å²) in [5.41, 5.74) is 0.682. The topological polar surface area (TPSA) is 84.2 Å². The number of nitrogens with zero attached hydrogens (tertiary/aromatic N) is 2. The van der Waals surface area contributed by atoms with Gasteiger partial charge in [-0.15, -0.1) is 0 Å². The Morgan fingerprint density at radius 2 is 1.69 bits per heavy atom. The Balaban J connectivity index is 1.89. The number of aromatic carboxylic acids is 1. The third-order valence-corrected chi connectivity index (χ3v) is 5.46. The summed E-state index contributed by atoms with van der Waals surface area (Å²) in [5, 5.41) is 18.6. The highest BCUT2D eigenvalue weighted by molar-refractivity contribution is 9.10. The fourth-order valence-electron chi connectivity index (χ4n) is 3.03. The van der Waals surface area contributed by atoms with Crippen LogP contribution < -0.4 is 5.32 Å². The zero-order chi connectivity index (χ0) is 20.5. The summed E-state index contributed by atoms with van der Waals surface area (Å²) >= 11 is 9.40. The van der Waals surface area contributed by atoms with Gasteiger partial charge in [0.2, 0.25) is 0 Å². The lowest BCUT2D eigenvalue weighted by Crippen LogP contribution is -2.16. The molecule has 0 saturated heterocycles. The summed E-state index contributed by atoms with van der Waals surface area (Å²) in [7, 11) is 0. The number of benzene rings is 3. The SMILES string of the molecule is O=C(Nc1c(Br)c(C(=O)O)nn1-c1cccc2ccccc12)c1ccccc1Cl. The first-order valence-electron chi connectivity index (χ1n) is 8.53. The van der Waals surface area contributed by atoms with E-state index in [1.165, 1.54) is 4.68 Å². The van der Waals surface area contributed by atoms with Crippen molar-refractivity contribution in [2.45, 2.75) is 0 Å². The fourth-order valence-corrected chi connectivity index (χ4v) is 3.77. The van der Waals surface area contributed by atoms with Crippen LogP contribution in [0.3, 0.4) is 0 Å². The van der Waals surface area contributed by atoms with Gasteiger partial charge in [0.15, 0.2) is 11.5 Å². The lowest BCUT2D eigenvalue weighted by molar-refractivity contribution is 0.0688. The molecule has 0 saturated carbocycles. The van der Waals surface area contributed by atoms with Crippen LogP contribution in [0.4, 0.5) is 5.82 Å². The summed E-state index contributed by atoms with van der Waals surface area (Å²) in [5.74, 6) is -1.50. The van der Waals surface area contributed by atoms with Crippen molar-refractivity contribution in [2.24, 2.45) is 0 Å². The number of carbonyl (C=O) groups is 2. The van der Waals surface area contributed by atoms with E-state index in [0.717, 1.165) is 10.8 Å². The second-order valence-electron chi connectivity index (χ2n) is 6.16. The zero-order valence-corrected chi connectivity index (χ0v) is 17.1. The van der Waals surface area contributed by atoms with Gasteiger partial charge in [0.1, 0.15) is 0 Å². The number of hydrogen-bond acceptors (Lipinski definition) is 3. The average molecular weight is 471 g/mol. The number of carboxylic acids is 1. The highest BCUT2D eigenvalue weighted by Crippen LogP contribution is 2.33. The number of anilines is 1. The number of aromatic nitrogens is 2. The molecule has 3 aromatic carbocycles. The first kappa shape index (κ1) is 19.2. The third kappa shape index (κ3) is 3.50. The molecule has 2 N–H and O–H groups in total. The number of nitrogens with one attached hydrogen (secondary N) is 1. The molecule has 6 nitrogen and oxygen atoms in total. The monoisotopic (exact) mass is 469 g/mol. The molecule has 4 aromatic rings. The standard InChI is InChI=1S/C21H13BrClN3O3/c22-17-18(21(28)29)25-26(16-11-5-7-12-6-1-2-8-13(12)16)19(17)24-20(27)14-9-3-4-10-15(14)23/h1-11H,(H,24,27)(H,28,29). The molecular weight excluding hydrogens is 458 g/mol. The van der Waals surface area contributed by atoms with Crippen LogP contribution in [-0.2, 0) is 0 Å². The number of fused-ring (bicyclic) bond motifs is 1. The second-order valence-corrected chi connectivity index (χ2v) is 7.36. The maximum Gasteiger partial charge on any atom is 0.357 e. The minimum Gasteiger partial charge on any atom is -0.476 e. The van der Waals surface area contributed by atoms with Crippen molar-refractivity contribution >= 4 is 56.0 Å². The smallest absolute Gasteiger partial charge is 0.357 e. The zero-order valence-electron chi connectivity index (χ0n) is 14.8. The van der Waals surface area contributed by atoms with Crippen LogP contribution in [0.2, 0.25) is 5.02 Å². The van der Waals surface area contributed by atoms with Gasteiger partial charge in [-0.1, -0.05) is 60.1 Å². The average Bonchev–Trinajstić information content (AvgIpc) is 3.04. The van der Waals surface area contributed by atoms with E-state index in [1.807, 2.05) is 36.4 Å². The Morgan fingerprint density at radius 1 is 1.00 bits per heavy atom. The van der Waals surface area contributed by atoms with Crippen LogP contribution in [0.15, 0.2) is 71.2 Å². The van der Waals surface area contributed by atoms with Crippen LogP contribution in [-0.4, -0.2) is 26.8 Å². The Morgan fingerprint density at radius 3 is 2.45 bits per heavy atom. The van der Waals surface area contributed by atoms with Crippen molar-refractivity contribution in [3.63, 3.8) is 0 Å². The highest BCUT2D eigenvalue weighted by Gasteiger charge is 2.24. The van der Waals surface area contributed by atoms with E-state index in [2.05, 4.69) is 26.3 Å². The van der Waals surface area contributed by atoms with Gasteiger partial charge in [0.05, 0.1) is 20.7 Å². The summed E-state index contributed by atoms with van der Waals surface area (Å²) in [4.78, 5) is 24.5. The van der Waals surface area contributed by atoms with Crippen LogP contribution in [0.25, 0.3) is 16.5 Å². The number of carbonyl (C=O) groups excluding carboxylic acids is 1. The molecule has 1 aromatic heterocycles. The first-order valence-corrected chi connectivity index (χ1v) is 9.70. The van der Waals surface area contributed by atoms with Gasteiger partial charge in [-0.25, -0.2) is 9.48 Å². The van der Waals surface area contributed by atoms with Gasteiger partial charge in [0.25, 0.3) is 5.91 Å². The summed E-state index contributed by atoms with van der Waals surface area (Å²) in [6.45, 7) is 0.